The van der Waals surface area contributed by atoms with Crippen LogP contribution in [0, 0.1) is 11.7 Å². The lowest BCUT2D eigenvalue weighted by Crippen LogP contribution is -2.54. The Kier molecular flexibility index (Phi) is 7.25. The minimum absolute atomic E-state index is 0.0346. The van der Waals surface area contributed by atoms with Gasteiger partial charge in [-0.3, -0.25) is 14.5 Å². The van der Waals surface area contributed by atoms with Gasteiger partial charge in [0.2, 0.25) is 5.91 Å². The SMILES string of the molecule is CN1C(=O)/C(=C/c2ccccc2F)SC2CCC(C(=O)N3CCN(Cc4ccccc4)CC3)CC21. The minimum atomic E-state index is -0.323. The molecule has 3 aliphatic rings. The summed E-state index contributed by atoms with van der Waals surface area (Å²) in [5.74, 6) is -0.204. The van der Waals surface area contributed by atoms with Crippen molar-refractivity contribution in [3.63, 3.8) is 0 Å². The highest BCUT2D eigenvalue weighted by molar-refractivity contribution is 8.04. The molecule has 0 aromatic heterocycles. The van der Waals surface area contributed by atoms with Crippen LogP contribution in [0.1, 0.15) is 30.4 Å². The maximum absolute atomic E-state index is 14.1. The van der Waals surface area contributed by atoms with Crippen LogP contribution in [0.4, 0.5) is 4.39 Å². The highest BCUT2D eigenvalue weighted by atomic mass is 32.2. The van der Waals surface area contributed by atoms with Crippen molar-refractivity contribution in [2.75, 3.05) is 33.2 Å². The molecule has 5 rings (SSSR count). The average molecular weight is 494 g/mol. The van der Waals surface area contributed by atoms with Crippen LogP contribution in [0.3, 0.4) is 0 Å². The fourth-order valence-corrected chi connectivity index (χ4v) is 6.95. The second-order valence-corrected chi connectivity index (χ2v) is 11.0. The predicted octanol–water partition coefficient (Wildman–Crippen LogP) is 4.25. The van der Waals surface area contributed by atoms with E-state index in [0.717, 1.165) is 45.6 Å². The number of carbonyl (C=O) groups is 2. The molecule has 3 atom stereocenters. The summed E-state index contributed by atoms with van der Waals surface area (Å²) in [6.07, 6.45) is 4.09. The van der Waals surface area contributed by atoms with Gasteiger partial charge in [0, 0.05) is 62.5 Å². The molecule has 2 aromatic carbocycles. The van der Waals surface area contributed by atoms with Gasteiger partial charge in [-0.05, 0) is 37.0 Å². The number of fused-ring (bicyclic) bond motifs is 1. The summed E-state index contributed by atoms with van der Waals surface area (Å²) in [6, 6.07) is 17.0. The Labute approximate surface area is 211 Å². The van der Waals surface area contributed by atoms with Crippen molar-refractivity contribution in [1.29, 1.82) is 0 Å². The molecule has 2 amide bonds. The Morgan fingerprint density at radius 1 is 1.03 bits per heavy atom. The molecule has 2 aromatic rings. The number of hydrogen-bond acceptors (Lipinski definition) is 4. The van der Waals surface area contributed by atoms with Crippen LogP contribution < -0.4 is 0 Å². The standard InChI is InChI=1S/C28H32FN3O2S/c1-30-24-17-22(27(33)32-15-13-31(14-16-32)19-20-7-3-2-4-8-20)11-12-25(24)35-26(28(30)34)18-21-9-5-6-10-23(21)29/h2-10,18,22,24-25H,11-17,19H2,1H3/b26-18-. The molecule has 2 saturated heterocycles. The Balaban J connectivity index is 1.18. The molecule has 7 heteroatoms. The van der Waals surface area contributed by atoms with E-state index in [9.17, 15) is 14.0 Å². The molecule has 0 spiro atoms. The van der Waals surface area contributed by atoms with E-state index in [4.69, 9.17) is 0 Å². The molecular formula is C28H32FN3O2S. The van der Waals surface area contributed by atoms with E-state index in [-0.39, 0.29) is 34.8 Å². The van der Waals surface area contributed by atoms with Gasteiger partial charge in [-0.1, -0.05) is 48.5 Å². The number of piperazine rings is 1. The van der Waals surface area contributed by atoms with Crippen LogP contribution in [0.2, 0.25) is 0 Å². The first kappa shape index (κ1) is 24.1. The lowest BCUT2D eigenvalue weighted by atomic mass is 9.83. The first-order valence-electron chi connectivity index (χ1n) is 12.4. The topological polar surface area (TPSA) is 43.9 Å². The molecule has 3 fully saturated rings. The molecule has 0 bridgehead atoms. The molecule has 35 heavy (non-hydrogen) atoms. The number of thioether (sulfide) groups is 1. The molecule has 2 aliphatic heterocycles. The number of nitrogens with zero attached hydrogens (tertiary/aromatic N) is 3. The van der Waals surface area contributed by atoms with Crippen LogP contribution in [0.5, 0.6) is 0 Å². The number of rotatable bonds is 4. The number of hydrogen-bond donors (Lipinski definition) is 0. The van der Waals surface area contributed by atoms with Crippen molar-refractivity contribution in [3.05, 3.63) is 76.4 Å². The summed E-state index contributed by atoms with van der Waals surface area (Å²) >= 11 is 1.55. The van der Waals surface area contributed by atoms with E-state index >= 15 is 0 Å². The summed E-state index contributed by atoms with van der Waals surface area (Å²) in [7, 11) is 1.82. The Hall–Kier alpha value is -2.64. The van der Waals surface area contributed by atoms with E-state index in [2.05, 4.69) is 29.2 Å². The second kappa shape index (κ2) is 10.5. The number of amides is 2. The summed E-state index contributed by atoms with van der Waals surface area (Å²) in [5.41, 5.74) is 1.74. The van der Waals surface area contributed by atoms with Crippen molar-refractivity contribution >= 4 is 29.7 Å². The van der Waals surface area contributed by atoms with E-state index < -0.39 is 0 Å². The lowest BCUT2D eigenvalue weighted by molar-refractivity contribution is -0.140. The van der Waals surface area contributed by atoms with Crippen LogP contribution in [0.25, 0.3) is 6.08 Å². The van der Waals surface area contributed by atoms with E-state index in [0.29, 0.717) is 16.9 Å². The third kappa shape index (κ3) is 5.31. The van der Waals surface area contributed by atoms with Gasteiger partial charge in [-0.25, -0.2) is 4.39 Å². The first-order valence-corrected chi connectivity index (χ1v) is 13.3. The maximum Gasteiger partial charge on any atom is 0.260 e. The zero-order valence-corrected chi connectivity index (χ0v) is 20.9. The van der Waals surface area contributed by atoms with Gasteiger partial charge in [0.25, 0.3) is 5.91 Å². The molecule has 1 aliphatic carbocycles. The van der Waals surface area contributed by atoms with Gasteiger partial charge in [-0.15, -0.1) is 11.8 Å². The minimum Gasteiger partial charge on any atom is -0.340 e. The van der Waals surface area contributed by atoms with Crippen LogP contribution >= 0.6 is 11.8 Å². The number of benzene rings is 2. The summed E-state index contributed by atoms with van der Waals surface area (Å²) in [6.45, 7) is 4.21. The summed E-state index contributed by atoms with van der Waals surface area (Å²) < 4.78 is 14.1. The third-order valence-corrected chi connectivity index (χ3v) is 8.93. The number of likely N-dealkylation sites (N-methyl/N-ethyl adjacent to an activating group) is 1. The molecule has 3 unspecified atom stereocenters. The maximum atomic E-state index is 14.1. The zero-order valence-electron chi connectivity index (χ0n) is 20.1. The third-order valence-electron chi connectivity index (χ3n) is 7.54. The van der Waals surface area contributed by atoms with Crippen molar-refractivity contribution in [2.24, 2.45) is 5.92 Å². The van der Waals surface area contributed by atoms with Crippen LogP contribution in [-0.4, -0.2) is 71.0 Å². The van der Waals surface area contributed by atoms with E-state index in [1.165, 1.54) is 11.6 Å². The first-order chi connectivity index (χ1) is 17.0. The van der Waals surface area contributed by atoms with Gasteiger partial charge in [0.1, 0.15) is 5.82 Å². The quantitative estimate of drug-likeness (QED) is 0.598. The number of carbonyl (C=O) groups excluding carboxylic acids is 2. The Bertz CT molecular complexity index is 1100. The van der Waals surface area contributed by atoms with Crippen LogP contribution in [0.15, 0.2) is 59.5 Å². The van der Waals surface area contributed by atoms with E-state index in [1.54, 1.807) is 40.9 Å². The summed E-state index contributed by atoms with van der Waals surface area (Å²) in [4.78, 5) is 33.2. The van der Waals surface area contributed by atoms with Gasteiger partial charge < -0.3 is 9.80 Å². The van der Waals surface area contributed by atoms with Gasteiger partial charge in [0.05, 0.1) is 4.91 Å². The van der Waals surface area contributed by atoms with Crippen molar-refractivity contribution in [1.82, 2.24) is 14.7 Å². The monoisotopic (exact) mass is 493 g/mol. The predicted molar refractivity (Wildman–Crippen MR) is 138 cm³/mol. The highest BCUT2D eigenvalue weighted by Crippen LogP contribution is 2.43. The molecule has 0 radical (unpaired) electrons. The Morgan fingerprint density at radius 2 is 1.74 bits per heavy atom. The molecular weight excluding hydrogens is 461 g/mol. The second-order valence-electron chi connectivity index (χ2n) is 9.77. The molecule has 1 saturated carbocycles. The molecule has 5 nitrogen and oxygen atoms in total. The van der Waals surface area contributed by atoms with Crippen molar-refractivity contribution in [2.45, 2.75) is 37.1 Å². The lowest BCUT2D eigenvalue weighted by Gasteiger charge is -2.45. The highest BCUT2D eigenvalue weighted by Gasteiger charge is 2.43. The zero-order chi connectivity index (χ0) is 24.4. The molecule has 0 N–H and O–H groups in total. The van der Waals surface area contributed by atoms with Gasteiger partial charge in [0.15, 0.2) is 0 Å². The molecule has 2 heterocycles. The smallest absolute Gasteiger partial charge is 0.260 e. The van der Waals surface area contributed by atoms with Gasteiger partial charge >= 0.3 is 0 Å². The van der Waals surface area contributed by atoms with Crippen molar-refractivity contribution in [3.8, 4) is 0 Å². The Morgan fingerprint density at radius 3 is 2.49 bits per heavy atom. The fourth-order valence-electron chi connectivity index (χ4n) is 5.48. The fraction of sp³-hybridized carbons (Fsp3) is 0.429. The van der Waals surface area contributed by atoms with E-state index in [1.807, 2.05) is 18.0 Å². The van der Waals surface area contributed by atoms with Gasteiger partial charge in [-0.2, -0.15) is 0 Å². The number of halogens is 1. The van der Waals surface area contributed by atoms with Crippen molar-refractivity contribution < 1.29 is 14.0 Å². The normalized spacial score (nSPS) is 26.6. The summed E-state index contributed by atoms with van der Waals surface area (Å²) in [5, 5.41) is 0.238. The average Bonchev–Trinajstić information content (AvgIpc) is 2.89. The van der Waals surface area contributed by atoms with Crippen LogP contribution in [-0.2, 0) is 16.1 Å². The molecule has 184 valence electrons. The largest absolute Gasteiger partial charge is 0.340 e.